The summed E-state index contributed by atoms with van der Waals surface area (Å²) in [5.74, 6) is 0.0435. The summed E-state index contributed by atoms with van der Waals surface area (Å²) in [5, 5.41) is 10.4. The maximum Gasteiger partial charge on any atom is 0.252 e. The number of rotatable bonds is 7. The molecule has 1 amide bonds. The molecule has 3 rings (SSSR count). The molecule has 0 bridgehead atoms. The summed E-state index contributed by atoms with van der Waals surface area (Å²) in [6, 6.07) is 10.8. The fourth-order valence-electron chi connectivity index (χ4n) is 4.47. The third kappa shape index (κ3) is 5.83. The molecule has 1 unspecified atom stereocenters. The van der Waals surface area contributed by atoms with E-state index in [1.807, 2.05) is 6.07 Å². The second-order valence-electron chi connectivity index (χ2n) is 7.90. The van der Waals surface area contributed by atoms with Crippen LogP contribution in [-0.4, -0.2) is 43.8 Å². The van der Waals surface area contributed by atoms with Crippen molar-refractivity contribution in [2.75, 3.05) is 26.7 Å². The van der Waals surface area contributed by atoms with Gasteiger partial charge in [0.2, 0.25) is 0 Å². The average molecular weight is 432 g/mol. The summed E-state index contributed by atoms with van der Waals surface area (Å²) in [5.41, 5.74) is 0.597. The van der Waals surface area contributed by atoms with E-state index in [4.69, 9.17) is 4.74 Å². The van der Waals surface area contributed by atoms with Gasteiger partial charge in [-0.05, 0) is 51.3 Å². The first-order valence-electron chi connectivity index (χ1n) is 9.96. The van der Waals surface area contributed by atoms with E-state index in [2.05, 4.69) is 47.1 Å². The molecule has 1 aliphatic heterocycles. The first-order valence-corrected chi connectivity index (χ1v) is 9.96. The number of halogens is 2. The summed E-state index contributed by atoms with van der Waals surface area (Å²) in [6.45, 7) is 4.54. The maximum atomic E-state index is 12.9. The highest BCUT2D eigenvalue weighted by atomic mass is 35.5. The number of benzene rings is 1. The Kier molecular flexibility index (Phi) is 10.2. The van der Waals surface area contributed by atoms with Gasteiger partial charge in [0.15, 0.2) is 0 Å². The molecule has 0 aromatic heterocycles. The lowest BCUT2D eigenvalue weighted by atomic mass is 9.89. The van der Waals surface area contributed by atoms with Crippen molar-refractivity contribution in [3.05, 3.63) is 35.9 Å². The van der Waals surface area contributed by atoms with Gasteiger partial charge in [-0.15, -0.1) is 24.8 Å². The maximum absolute atomic E-state index is 12.9. The third-order valence-electron chi connectivity index (χ3n) is 6.19. The second-order valence-corrected chi connectivity index (χ2v) is 7.90. The normalized spacial score (nSPS) is 21.1. The van der Waals surface area contributed by atoms with Crippen LogP contribution in [0.3, 0.4) is 0 Å². The molecule has 1 atom stereocenters. The van der Waals surface area contributed by atoms with Crippen LogP contribution in [0, 0.1) is 0 Å². The van der Waals surface area contributed by atoms with Gasteiger partial charge in [-0.3, -0.25) is 4.79 Å². The Morgan fingerprint density at radius 1 is 1.11 bits per heavy atom. The van der Waals surface area contributed by atoms with E-state index >= 15 is 0 Å². The molecule has 1 heterocycles. The molecule has 5 nitrogen and oxygen atoms in total. The fraction of sp³-hybridized carbons (Fsp3) is 0.667. The molecule has 2 fully saturated rings. The van der Waals surface area contributed by atoms with E-state index in [9.17, 15) is 4.79 Å². The van der Waals surface area contributed by atoms with Gasteiger partial charge in [0.25, 0.3) is 5.91 Å². The molecule has 1 aromatic rings. The standard InChI is InChI=1S/C21H33N3O2.2ClH/c1-17(18-8-4-3-5-9-18)24-20(10-6-7-11-20)16-23-19(25)21(26-2)12-14-22-15-13-21;;/h3-5,8-9,17,22,24H,6-7,10-16H2,1-2H3,(H,23,25);2*1H. The zero-order valence-electron chi connectivity index (χ0n) is 17.0. The molecular weight excluding hydrogens is 397 g/mol. The monoisotopic (exact) mass is 431 g/mol. The molecule has 1 aliphatic carbocycles. The van der Waals surface area contributed by atoms with Crippen LogP contribution in [0.5, 0.6) is 0 Å². The van der Waals surface area contributed by atoms with Crippen molar-refractivity contribution >= 4 is 30.7 Å². The van der Waals surface area contributed by atoms with Gasteiger partial charge in [0.05, 0.1) is 0 Å². The first kappa shape index (κ1) is 25.2. The number of methoxy groups -OCH3 is 1. The molecule has 0 radical (unpaired) electrons. The minimum atomic E-state index is -0.671. The Hall–Kier alpha value is -0.850. The van der Waals surface area contributed by atoms with Crippen LogP contribution in [0.2, 0.25) is 0 Å². The quantitative estimate of drug-likeness (QED) is 0.618. The van der Waals surface area contributed by atoms with Gasteiger partial charge in [-0.25, -0.2) is 0 Å². The Labute approximate surface area is 181 Å². The highest BCUT2D eigenvalue weighted by Crippen LogP contribution is 2.32. The number of nitrogens with one attached hydrogen (secondary N) is 3. The molecule has 0 spiro atoms. The first-order chi connectivity index (χ1) is 12.6. The second kappa shape index (κ2) is 11.4. The Morgan fingerprint density at radius 3 is 2.29 bits per heavy atom. The summed E-state index contributed by atoms with van der Waals surface area (Å²) in [7, 11) is 1.66. The van der Waals surface area contributed by atoms with Crippen LogP contribution >= 0.6 is 24.8 Å². The van der Waals surface area contributed by atoms with Crippen LogP contribution in [0.1, 0.15) is 57.1 Å². The van der Waals surface area contributed by atoms with Crippen molar-refractivity contribution in [3.63, 3.8) is 0 Å². The van der Waals surface area contributed by atoms with E-state index in [1.54, 1.807) is 7.11 Å². The molecule has 1 saturated heterocycles. The smallest absolute Gasteiger partial charge is 0.252 e. The molecule has 3 N–H and O–H groups in total. The Morgan fingerprint density at radius 2 is 1.71 bits per heavy atom. The lowest BCUT2D eigenvalue weighted by molar-refractivity contribution is -0.147. The van der Waals surface area contributed by atoms with E-state index < -0.39 is 5.60 Å². The SMILES string of the molecule is COC1(C(=O)NCC2(NC(C)c3ccccc3)CCCC2)CCNCC1.Cl.Cl. The van der Waals surface area contributed by atoms with Crippen LogP contribution in [-0.2, 0) is 9.53 Å². The minimum Gasteiger partial charge on any atom is -0.368 e. The van der Waals surface area contributed by atoms with E-state index in [0.717, 1.165) is 38.8 Å². The van der Waals surface area contributed by atoms with Gasteiger partial charge in [0, 0.05) is 25.2 Å². The van der Waals surface area contributed by atoms with Gasteiger partial charge in [-0.2, -0.15) is 0 Å². The predicted octanol–water partition coefficient (Wildman–Crippen LogP) is 3.38. The largest absolute Gasteiger partial charge is 0.368 e. The molecule has 2 aliphatic rings. The van der Waals surface area contributed by atoms with Crippen molar-refractivity contribution < 1.29 is 9.53 Å². The highest BCUT2D eigenvalue weighted by Gasteiger charge is 2.42. The van der Waals surface area contributed by atoms with Gasteiger partial charge < -0.3 is 20.7 Å². The molecule has 28 heavy (non-hydrogen) atoms. The zero-order chi connectivity index (χ0) is 18.5. The number of amides is 1. The van der Waals surface area contributed by atoms with Crippen molar-refractivity contribution in [1.29, 1.82) is 0 Å². The van der Waals surface area contributed by atoms with Crippen molar-refractivity contribution in [3.8, 4) is 0 Å². The fourth-order valence-corrected chi connectivity index (χ4v) is 4.47. The van der Waals surface area contributed by atoms with E-state index in [0.29, 0.717) is 6.54 Å². The molecule has 1 aromatic carbocycles. The number of hydrogen-bond donors (Lipinski definition) is 3. The lowest BCUT2D eigenvalue weighted by Crippen LogP contribution is -2.58. The average Bonchev–Trinajstić information content (AvgIpc) is 3.16. The number of piperidine rings is 1. The zero-order valence-corrected chi connectivity index (χ0v) is 18.6. The van der Waals surface area contributed by atoms with Crippen molar-refractivity contribution in [2.24, 2.45) is 0 Å². The van der Waals surface area contributed by atoms with Crippen molar-refractivity contribution in [1.82, 2.24) is 16.0 Å². The minimum absolute atomic E-state index is 0. The third-order valence-corrected chi connectivity index (χ3v) is 6.19. The van der Waals surface area contributed by atoms with Crippen molar-refractivity contribution in [2.45, 2.75) is 62.6 Å². The lowest BCUT2D eigenvalue weighted by Gasteiger charge is -2.38. The van der Waals surface area contributed by atoms with Crippen LogP contribution in [0.25, 0.3) is 0 Å². The van der Waals surface area contributed by atoms with Gasteiger partial charge >= 0.3 is 0 Å². The molecular formula is C21H35Cl2N3O2. The molecule has 160 valence electrons. The van der Waals surface area contributed by atoms with Gasteiger partial charge in [0.1, 0.15) is 5.60 Å². The van der Waals surface area contributed by atoms with Crippen LogP contribution in [0.15, 0.2) is 30.3 Å². The molecule has 7 heteroatoms. The van der Waals surface area contributed by atoms with Crippen LogP contribution in [0.4, 0.5) is 0 Å². The Balaban J connectivity index is 0.00000196. The van der Waals surface area contributed by atoms with E-state index in [-0.39, 0.29) is 42.3 Å². The summed E-state index contributed by atoms with van der Waals surface area (Å²) in [4.78, 5) is 12.9. The van der Waals surface area contributed by atoms with Gasteiger partial charge in [-0.1, -0.05) is 43.2 Å². The topological polar surface area (TPSA) is 62.4 Å². The molecule has 1 saturated carbocycles. The Bertz CT molecular complexity index is 589. The number of hydrogen-bond acceptors (Lipinski definition) is 4. The summed E-state index contributed by atoms with van der Waals surface area (Å²) < 4.78 is 5.67. The summed E-state index contributed by atoms with van der Waals surface area (Å²) in [6.07, 6.45) is 6.10. The number of carbonyl (C=O) groups is 1. The summed E-state index contributed by atoms with van der Waals surface area (Å²) >= 11 is 0. The van der Waals surface area contributed by atoms with E-state index in [1.165, 1.54) is 18.4 Å². The predicted molar refractivity (Wildman–Crippen MR) is 119 cm³/mol. The highest BCUT2D eigenvalue weighted by molar-refractivity contribution is 5.86. The number of carbonyl (C=O) groups excluding carboxylic acids is 1. The number of ether oxygens (including phenoxy) is 1. The van der Waals surface area contributed by atoms with Crippen LogP contribution < -0.4 is 16.0 Å².